The Kier molecular flexibility index (Phi) is 2.93. The normalized spacial score (nSPS) is 10.3. The molecule has 0 spiro atoms. The van der Waals surface area contributed by atoms with Gasteiger partial charge in [-0.2, -0.15) is 0 Å². The average Bonchev–Trinajstić information content (AvgIpc) is 2.64. The smallest absolute Gasteiger partial charge is 0.230 e. The molecule has 0 saturated carbocycles. The zero-order chi connectivity index (χ0) is 10.8. The first-order valence-corrected chi connectivity index (χ1v) is 5.39. The minimum Gasteiger partial charge on any atom is -0.460 e. The summed E-state index contributed by atoms with van der Waals surface area (Å²) in [6.07, 6.45) is 1.45. The van der Waals surface area contributed by atoms with Crippen LogP contribution >= 0.6 is 27.5 Å². The van der Waals surface area contributed by atoms with Crippen molar-refractivity contribution in [3.05, 3.63) is 57.4 Å². The van der Waals surface area contributed by atoms with Gasteiger partial charge in [-0.3, -0.25) is 4.79 Å². The molecule has 1 aromatic heterocycles. The second-order valence-corrected chi connectivity index (χ2v) is 4.17. The number of hydrogen-bond donors (Lipinski definition) is 0. The maximum atomic E-state index is 11.9. The van der Waals surface area contributed by atoms with Crippen LogP contribution in [0.25, 0.3) is 0 Å². The number of hydrogen-bond acceptors (Lipinski definition) is 2. The third-order valence-corrected chi connectivity index (χ3v) is 2.90. The highest BCUT2D eigenvalue weighted by Crippen LogP contribution is 2.24. The molecule has 0 unspecified atom stereocenters. The van der Waals surface area contributed by atoms with E-state index in [0.717, 1.165) is 0 Å². The zero-order valence-electron chi connectivity index (χ0n) is 7.54. The van der Waals surface area contributed by atoms with Crippen molar-refractivity contribution in [2.45, 2.75) is 0 Å². The van der Waals surface area contributed by atoms with E-state index in [4.69, 9.17) is 16.0 Å². The fourth-order valence-electron chi connectivity index (χ4n) is 1.22. The summed E-state index contributed by atoms with van der Waals surface area (Å²) >= 11 is 9.14. The topological polar surface area (TPSA) is 30.2 Å². The third kappa shape index (κ3) is 1.98. The van der Waals surface area contributed by atoms with Crippen molar-refractivity contribution in [3.8, 4) is 0 Å². The highest BCUT2D eigenvalue weighted by molar-refractivity contribution is 9.10. The second kappa shape index (κ2) is 4.21. The van der Waals surface area contributed by atoms with Crippen molar-refractivity contribution < 1.29 is 9.21 Å². The monoisotopic (exact) mass is 284 g/mol. The summed E-state index contributed by atoms with van der Waals surface area (Å²) in [5.74, 6) is 0.0422. The Bertz CT molecular complexity index is 505. The molecule has 1 heterocycles. The van der Waals surface area contributed by atoms with E-state index in [2.05, 4.69) is 15.9 Å². The number of carbonyl (C=O) groups excluding carboxylic acids is 1. The van der Waals surface area contributed by atoms with Gasteiger partial charge in [-0.15, -0.1) is 0 Å². The van der Waals surface area contributed by atoms with Gasteiger partial charge < -0.3 is 4.42 Å². The predicted octanol–water partition coefficient (Wildman–Crippen LogP) is 3.93. The van der Waals surface area contributed by atoms with E-state index < -0.39 is 0 Å². The molecule has 2 nitrogen and oxygen atoms in total. The second-order valence-electron chi connectivity index (χ2n) is 2.91. The molecular weight excluding hydrogens is 279 g/mol. The van der Waals surface area contributed by atoms with Gasteiger partial charge in [0.25, 0.3) is 0 Å². The number of carbonyl (C=O) groups is 1. The first kappa shape index (κ1) is 10.5. The lowest BCUT2D eigenvalue weighted by molar-refractivity contribution is 0.101. The maximum absolute atomic E-state index is 11.9. The van der Waals surface area contributed by atoms with E-state index in [9.17, 15) is 4.79 Å². The number of halogens is 2. The number of benzene rings is 1. The largest absolute Gasteiger partial charge is 0.460 e. The Morgan fingerprint density at radius 3 is 2.60 bits per heavy atom. The van der Waals surface area contributed by atoms with Crippen LogP contribution in [0.2, 0.25) is 5.02 Å². The molecule has 0 amide bonds. The minimum absolute atomic E-state index is 0.225. The standard InChI is InChI=1S/C11H6BrClO2/c12-8-5-6-15-11(8)10(14)7-3-1-2-4-9(7)13/h1-6H. The van der Waals surface area contributed by atoms with Crippen molar-refractivity contribution in [2.75, 3.05) is 0 Å². The van der Waals surface area contributed by atoms with E-state index in [0.29, 0.717) is 15.1 Å². The quantitative estimate of drug-likeness (QED) is 0.783. The van der Waals surface area contributed by atoms with Gasteiger partial charge >= 0.3 is 0 Å². The molecule has 2 aromatic rings. The molecule has 0 aliphatic heterocycles. The summed E-state index contributed by atoms with van der Waals surface area (Å²) in [4.78, 5) is 11.9. The Morgan fingerprint density at radius 2 is 2.00 bits per heavy atom. The molecule has 0 bridgehead atoms. The summed E-state index contributed by atoms with van der Waals surface area (Å²) in [5.41, 5.74) is 0.440. The summed E-state index contributed by atoms with van der Waals surface area (Å²) in [6.45, 7) is 0. The van der Waals surface area contributed by atoms with Crippen molar-refractivity contribution in [3.63, 3.8) is 0 Å². The van der Waals surface area contributed by atoms with E-state index in [1.54, 1.807) is 30.3 Å². The van der Waals surface area contributed by atoms with Crippen LogP contribution in [-0.2, 0) is 0 Å². The molecule has 0 N–H and O–H groups in total. The first-order chi connectivity index (χ1) is 7.20. The zero-order valence-corrected chi connectivity index (χ0v) is 9.88. The van der Waals surface area contributed by atoms with Gasteiger partial charge in [0.2, 0.25) is 5.78 Å². The minimum atomic E-state index is -0.225. The molecule has 0 aliphatic carbocycles. The summed E-state index contributed by atoms with van der Waals surface area (Å²) in [6, 6.07) is 8.54. The molecule has 0 saturated heterocycles. The van der Waals surface area contributed by atoms with Crippen molar-refractivity contribution in [1.82, 2.24) is 0 Å². The van der Waals surface area contributed by atoms with Gasteiger partial charge in [0.05, 0.1) is 15.8 Å². The Morgan fingerprint density at radius 1 is 1.27 bits per heavy atom. The third-order valence-electron chi connectivity index (χ3n) is 1.94. The lowest BCUT2D eigenvalue weighted by atomic mass is 10.1. The van der Waals surface area contributed by atoms with Gasteiger partial charge in [0.15, 0.2) is 5.76 Å². The van der Waals surface area contributed by atoms with Crippen LogP contribution in [0.5, 0.6) is 0 Å². The van der Waals surface area contributed by atoms with E-state index in [-0.39, 0.29) is 11.5 Å². The van der Waals surface area contributed by atoms with E-state index >= 15 is 0 Å². The summed E-state index contributed by atoms with van der Waals surface area (Å²) in [5, 5.41) is 0.422. The van der Waals surface area contributed by atoms with E-state index in [1.165, 1.54) is 6.26 Å². The summed E-state index contributed by atoms with van der Waals surface area (Å²) in [7, 11) is 0. The van der Waals surface area contributed by atoms with Crippen LogP contribution < -0.4 is 0 Å². The molecule has 15 heavy (non-hydrogen) atoms. The highest BCUT2D eigenvalue weighted by Gasteiger charge is 2.17. The lowest BCUT2D eigenvalue weighted by Crippen LogP contribution is -2.00. The molecule has 2 rings (SSSR count). The van der Waals surface area contributed by atoms with Crippen LogP contribution in [0.15, 0.2) is 45.5 Å². The fourth-order valence-corrected chi connectivity index (χ4v) is 1.83. The van der Waals surface area contributed by atoms with Crippen molar-refractivity contribution >= 4 is 33.3 Å². The Balaban J connectivity index is 2.46. The molecule has 0 atom stereocenters. The van der Waals surface area contributed by atoms with Crippen molar-refractivity contribution in [1.29, 1.82) is 0 Å². The predicted molar refractivity (Wildman–Crippen MR) is 61.3 cm³/mol. The van der Waals surface area contributed by atoms with Gasteiger partial charge in [-0.05, 0) is 34.1 Å². The SMILES string of the molecule is O=C(c1ccccc1Cl)c1occc1Br. The van der Waals surface area contributed by atoms with Gasteiger partial charge in [-0.1, -0.05) is 23.7 Å². The maximum Gasteiger partial charge on any atom is 0.230 e. The van der Waals surface area contributed by atoms with Crippen LogP contribution in [0, 0.1) is 0 Å². The average molecular weight is 286 g/mol. The fraction of sp³-hybridized carbons (Fsp3) is 0. The first-order valence-electron chi connectivity index (χ1n) is 4.22. The van der Waals surface area contributed by atoms with Gasteiger partial charge in [-0.25, -0.2) is 0 Å². The molecule has 76 valence electrons. The Labute approximate surface area is 100.0 Å². The number of rotatable bonds is 2. The molecule has 1 aromatic carbocycles. The van der Waals surface area contributed by atoms with Crippen LogP contribution in [0.3, 0.4) is 0 Å². The Hall–Kier alpha value is -1.06. The number of furan rings is 1. The molecule has 0 radical (unpaired) electrons. The molecule has 0 aliphatic rings. The number of ketones is 1. The van der Waals surface area contributed by atoms with Crippen LogP contribution in [-0.4, -0.2) is 5.78 Å². The lowest BCUT2D eigenvalue weighted by Gasteiger charge is -2.00. The van der Waals surface area contributed by atoms with Crippen LogP contribution in [0.4, 0.5) is 0 Å². The molecule has 0 fully saturated rings. The molecule has 4 heteroatoms. The van der Waals surface area contributed by atoms with Crippen LogP contribution in [0.1, 0.15) is 16.1 Å². The highest BCUT2D eigenvalue weighted by atomic mass is 79.9. The summed E-state index contributed by atoms with van der Waals surface area (Å²) < 4.78 is 5.71. The van der Waals surface area contributed by atoms with Gasteiger partial charge in [0.1, 0.15) is 0 Å². The van der Waals surface area contributed by atoms with Gasteiger partial charge in [0, 0.05) is 5.56 Å². The van der Waals surface area contributed by atoms with Crippen molar-refractivity contribution in [2.24, 2.45) is 0 Å². The molecular formula is C11H6BrClO2. The van der Waals surface area contributed by atoms with E-state index in [1.807, 2.05) is 0 Å².